The molecule has 0 aromatic heterocycles. The highest BCUT2D eigenvalue weighted by Crippen LogP contribution is 2.49. The van der Waals surface area contributed by atoms with Crippen molar-refractivity contribution in [2.75, 3.05) is 13.1 Å². The summed E-state index contributed by atoms with van der Waals surface area (Å²) in [5.74, 6) is 0. The maximum absolute atomic E-state index is 9.44. The average Bonchev–Trinajstić information content (AvgIpc) is 2.27. The predicted molar refractivity (Wildman–Crippen MR) is 76.7 cm³/mol. The monoisotopic (exact) mass is 253 g/mol. The topological polar surface area (TPSA) is 23.5 Å². The molecule has 0 aromatic carbocycles. The van der Waals surface area contributed by atoms with Crippen molar-refractivity contribution >= 4 is 0 Å². The lowest BCUT2D eigenvalue weighted by atomic mass is 9.61. The molecule has 2 rings (SSSR count). The Hall–Kier alpha value is -0.0800. The normalized spacial score (nSPS) is 24.8. The van der Waals surface area contributed by atoms with Gasteiger partial charge < -0.3 is 5.11 Å². The van der Waals surface area contributed by atoms with E-state index in [0.29, 0.717) is 5.41 Å². The molecule has 1 saturated heterocycles. The number of nitrogens with zero attached hydrogens (tertiary/aromatic N) is 1. The van der Waals surface area contributed by atoms with Crippen molar-refractivity contribution in [3.63, 3.8) is 0 Å². The van der Waals surface area contributed by atoms with Crippen molar-refractivity contribution in [3.8, 4) is 0 Å². The molecule has 2 fully saturated rings. The highest BCUT2D eigenvalue weighted by Gasteiger charge is 2.52. The molecule has 1 spiro atoms. The fraction of sp³-hybridized carbons (Fsp3) is 1.00. The van der Waals surface area contributed by atoms with E-state index < -0.39 is 0 Å². The summed E-state index contributed by atoms with van der Waals surface area (Å²) < 4.78 is 0. The van der Waals surface area contributed by atoms with Crippen molar-refractivity contribution in [2.24, 2.45) is 5.41 Å². The molecule has 0 bridgehead atoms. The van der Waals surface area contributed by atoms with E-state index in [0.717, 1.165) is 18.9 Å². The molecule has 1 saturated carbocycles. The van der Waals surface area contributed by atoms with Crippen LogP contribution in [0.25, 0.3) is 0 Å². The summed E-state index contributed by atoms with van der Waals surface area (Å²) in [7, 11) is 0. The molecule has 1 N–H and O–H groups in total. The van der Waals surface area contributed by atoms with Crippen molar-refractivity contribution in [3.05, 3.63) is 0 Å². The highest BCUT2D eigenvalue weighted by atomic mass is 16.3. The predicted octanol–water partition coefficient (Wildman–Crippen LogP) is 3.58. The van der Waals surface area contributed by atoms with Gasteiger partial charge in [0.2, 0.25) is 0 Å². The summed E-state index contributed by atoms with van der Waals surface area (Å²) in [5.41, 5.74) is 0.537. The SMILES string of the molecule is CCCCCCCC(CC)N1CC2(CC(O)C2)C1. The van der Waals surface area contributed by atoms with E-state index in [4.69, 9.17) is 0 Å². The number of aliphatic hydroxyl groups is 1. The molecule has 18 heavy (non-hydrogen) atoms. The lowest BCUT2D eigenvalue weighted by molar-refractivity contribution is -0.142. The van der Waals surface area contributed by atoms with Gasteiger partial charge in [-0.05, 0) is 25.7 Å². The summed E-state index contributed by atoms with van der Waals surface area (Å²) in [4.78, 5) is 2.67. The zero-order valence-electron chi connectivity index (χ0n) is 12.3. The van der Waals surface area contributed by atoms with Crippen LogP contribution in [0.2, 0.25) is 0 Å². The average molecular weight is 253 g/mol. The quantitative estimate of drug-likeness (QED) is 0.668. The Balaban J connectivity index is 1.59. The van der Waals surface area contributed by atoms with E-state index in [2.05, 4.69) is 18.7 Å². The molecule has 1 heterocycles. The first-order valence-electron chi connectivity index (χ1n) is 8.11. The van der Waals surface area contributed by atoms with Gasteiger partial charge in [-0.25, -0.2) is 0 Å². The van der Waals surface area contributed by atoms with Crippen LogP contribution in [0.3, 0.4) is 0 Å². The van der Waals surface area contributed by atoms with E-state index in [9.17, 15) is 5.11 Å². The molecule has 1 atom stereocenters. The van der Waals surface area contributed by atoms with E-state index >= 15 is 0 Å². The third kappa shape index (κ3) is 3.27. The minimum absolute atomic E-state index is 0.0151. The van der Waals surface area contributed by atoms with E-state index in [1.54, 1.807) is 0 Å². The Bertz CT molecular complexity index is 239. The van der Waals surface area contributed by atoms with Gasteiger partial charge in [-0.3, -0.25) is 4.90 Å². The first-order chi connectivity index (χ1) is 8.69. The fourth-order valence-corrected chi connectivity index (χ4v) is 3.90. The number of hydrogen-bond acceptors (Lipinski definition) is 2. The van der Waals surface area contributed by atoms with Crippen molar-refractivity contribution in [2.45, 2.75) is 83.8 Å². The standard InChI is InChI=1S/C16H31NO/c1-3-5-6-7-8-9-14(4-2)17-12-16(13-17)10-15(18)11-16/h14-15,18H,3-13H2,1-2H3. The van der Waals surface area contributed by atoms with Crippen molar-refractivity contribution < 1.29 is 5.11 Å². The third-order valence-corrected chi connectivity index (χ3v) is 5.04. The summed E-state index contributed by atoms with van der Waals surface area (Å²) in [6.07, 6.45) is 11.8. The molecule has 2 heteroatoms. The Morgan fingerprint density at radius 1 is 1.11 bits per heavy atom. The number of unbranched alkanes of at least 4 members (excludes halogenated alkanes) is 4. The zero-order valence-corrected chi connectivity index (χ0v) is 12.3. The van der Waals surface area contributed by atoms with Crippen molar-refractivity contribution in [1.82, 2.24) is 4.90 Å². The summed E-state index contributed by atoms with van der Waals surface area (Å²) in [6, 6.07) is 0.815. The molecule has 0 radical (unpaired) electrons. The summed E-state index contributed by atoms with van der Waals surface area (Å²) in [6.45, 7) is 7.13. The summed E-state index contributed by atoms with van der Waals surface area (Å²) in [5, 5.41) is 9.44. The molecule has 1 aliphatic carbocycles. The molecule has 1 unspecified atom stereocenters. The maximum Gasteiger partial charge on any atom is 0.0552 e. The maximum atomic E-state index is 9.44. The molecule has 2 aliphatic rings. The molecular formula is C16H31NO. The molecular weight excluding hydrogens is 222 g/mol. The zero-order chi connectivity index (χ0) is 13.0. The number of hydrogen-bond donors (Lipinski definition) is 1. The van der Waals surface area contributed by atoms with Gasteiger partial charge >= 0.3 is 0 Å². The smallest absolute Gasteiger partial charge is 0.0552 e. The van der Waals surface area contributed by atoms with Gasteiger partial charge in [0.1, 0.15) is 0 Å². The summed E-state index contributed by atoms with van der Waals surface area (Å²) >= 11 is 0. The van der Waals surface area contributed by atoms with E-state index in [-0.39, 0.29) is 6.10 Å². The van der Waals surface area contributed by atoms with Crippen molar-refractivity contribution in [1.29, 1.82) is 0 Å². The Morgan fingerprint density at radius 2 is 1.78 bits per heavy atom. The number of likely N-dealkylation sites (tertiary alicyclic amines) is 1. The third-order valence-electron chi connectivity index (χ3n) is 5.04. The lowest BCUT2D eigenvalue weighted by Crippen LogP contribution is -2.65. The van der Waals surface area contributed by atoms with Crippen LogP contribution in [0.4, 0.5) is 0 Å². The molecule has 106 valence electrons. The first kappa shape index (κ1) is 14.3. The molecule has 0 amide bonds. The van der Waals surface area contributed by atoms with Gasteiger partial charge in [-0.15, -0.1) is 0 Å². The Labute approximate surface area is 113 Å². The largest absolute Gasteiger partial charge is 0.393 e. The Morgan fingerprint density at radius 3 is 2.33 bits per heavy atom. The van der Waals surface area contributed by atoms with Gasteiger partial charge in [-0.2, -0.15) is 0 Å². The van der Waals surface area contributed by atoms with Gasteiger partial charge in [-0.1, -0.05) is 46.0 Å². The van der Waals surface area contributed by atoms with Crippen LogP contribution < -0.4 is 0 Å². The van der Waals surface area contributed by atoms with Crippen LogP contribution in [-0.4, -0.2) is 35.2 Å². The molecule has 0 aromatic rings. The van der Waals surface area contributed by atoms with Gasteiger partial charge in [0.15, 0.2) is 0 Å². The van der Waals surface area contributed by atoms with Crippen LogP contribution in [-0.2, 0) is 0 Å². The fourth-order valence-electron chi connectivity index (χ4n) is 3.90. The van der Waals surface area contributed by atoms with Crippen LogP contribution in [0.1, 0.15) is 71.6 Å². The van der Waals surface area contributed by atoms with E-state index in [1.165, 1.54) is 58.0 Å². The molecule has 1 aliphatic heterocycles. The van der Waals surface area contributed by atoms with Crippen LogP contribution >= 0.6 is 0 Å². The van der Waals surface area contributed by atoms with Crippen LogP contribution in [0, 0.1) is 5.41 Å². The van der Waals surface area contributed by atoms with Crippen LogP contribution in [0.15, 0.2) is 0 Å². The minimum Gasteiger partial charge on any atom is -0.393 e. The lowest BCUT2D eigenvalue weighted by Gasteiger charge is -2.60. The second kappa shape index (κ2) is 6.38. The van der Waals surface area contributed by atoms with E-state index in [1.807, 2.05) is 0 Å². The van der Waals surface area contributed by atoms with Gasteiger partial charge in [0.25, 0.3) is 0 Å². The van der Waals surface area contributed by atoms with Gasteiger partial charge in [0, 0.05) is 24.5 Å². The number of rotatable bonds is 8. The minimum atomic E-state index is 0.0151. The number of aliphatic hydroxyl groups excluding tert-OH is 1. The highest BCUT2D eigenvalue weighted by molar-refractivity contribution is 5.05. The molecule has 2 nitrogen and oxygen atoms in total. The Kier molecular flexibility index (Phi) is 5.08. The second-order valence-electron chi connectivity index (χ2n) is 6.73. The second-order valence-corrected chi connectivity index (χ2v) is 6.73. The van der Waals surface area contributed by atoms with Gasteiger partial charge in [0.05, 0.1) is 6.10 Å². The van der Waals surface area contributed by atoms with Crippen LogP contribution in [0.5, 0.6) is 0 Å². The first-order valence-corrected chi connectivity index (χ1v) is 8.11.